The van der Waals surface area contributed by atoms with Gasteiger partial charge >= 0.3 is 6.09 Å². The molecule has 1 fully saturated rings. The first-order valence-corrected chi connectivity index (χ1v) is 11.9. The number of ether oxygens (including phenoxy) is 2. The topological polar surface area (TPSA) is 93.9 Å². The van der Waals surface area contributed by atoms with E-state index in [0.29, 0.717) is 23.6 Å². The lowest BCUT2D eigenvalue weighted by Crippen LogP contribution is -2.34. The molecule has 1 aliphatic heterocycles. The summed E-state index contributed by atoms with van der Waals surface area (Å²) in [7, 11) is 0. The van der Waals surface area contributed by atoms with Crippen LogP contribution in [-0.2, 0) is 4.74 Å². The van der Waals surface area contributed by atoms with Crippen LogP contribution >= 0.6 is 0 Å². The van der Waals surface area contributed by atoms with Gasteiger partial charge in [0.25, 0.3) is 0 Å². The van der Waals surface area contributed by atoms with Gasteiger partial charge in [-0.25, -0.2) is 4.79 Å². The van der Waals surface area contributed by atoms with Gasteiger partial charge in [-0.2, -0.15) is 0 Å². The van der Waals surface area contributed by atoms with Crippen molar-refractivity contribution in [3.05, 3.63) is 90.3 Å². The van der Waals surface area contributed by atoms with Crippen molar-refractivity contribution in [2.75, 3.05) is 11.9 Å². The zero-order valence-corrected chi connectivity index (χ0v) is 20.8. The molecule has 186 valence electrons. The Morgan fingerprint density at radius 3 is 2.36 bits per heavy atom. The predicted molar refractivity (Wildman–Crippen MR) is 141 cm³/mol. The molecule has 3 N–H and O–H groups in total. The second kappa shape index (κ2) is 10.6. The summed E-state index contributed by atoms with van der Waals surface area (Å²) in [6.45, 7) is 6.19. The number of hydrogen-bond donors (Lipinski definition) is 2. The van der Waals surface area contributed by atoms with Crippen molar-refractivity contribution in [2.45, 2.75) is 39.2 Å². The third-order valence-electron chi connectivity index (χ3n) is 5.62. The van der Waals surface area contributed by atoms with Crippen LogP contribution in [0.2, 0.25) is 0 Å². The van der Waals surface area contributed by atoms with Crippen molar-refractivity contribution in [1.29, 1.82) is 0 Å². The highest BCUT2D eigenvalue weighted by molar-refractivity contribution is 5.92. The van der Waals surface area contributed by atoms with Gasteiger partial charge in [-0.15, -0.1) is 0 Å². The SMILES string of the molecule is CC(C)(C)OC(=O)N1CCC/C1=C/Nc1ccc(-c2ccccc2)cc1Oc1ccc(C(N)=O)cc1. The van der Waals surface area contributed by atoms with E-state index in [1.165, 1.54) is 0 Å². The summed E-state index contributed by atoms with van der Waals surface area (Å²) in [5.74, 6) is 0.673. The maximum Gasteiger partial charge on any atom is 0.414 e. The van der Waals surface area contributed by atoms with Crippen molar-refractivity contribution >= 4 is 17.7 Å². The first-order chi connectivity index (χ1) is 17.2. The highest BCUT2D eigenvalue weighted by atomic mass is 16.6. The van der Waals surface area contributed by atoms with Crippen LogP contribution in [0.5, 0.6) is 11.5 Å². The molecule has 0 spiro atoms. The van der Waals surface area contributed by atoms with Crippen molar-refractivity contribution in [1.82, 2.24) is 4.90 Å². The van der Waals surface area contributed by atoms with E-state index < -0.39 is 11.5 Å². The molecule has 2 amide bonds. The van der Waals surface area contributed by atoms with Crippen molar-refractivity contribution < 1.29 is 19.1 Å². The highest BCUT2D eigenvalue weighted by Gasteiger charge is 2.28. The molecule has 3 aromatic rings. The van der Waals surface area contributed by atoms with Crippen LogP contribution < -0.4 is 15.8 Å². The molecular weight excluding hydrogens is 454 g/mol. The number of primary amides is 1. The minimum Gasteiger partial charge on any atom is -0.455 e. The summed E-state index contributed by atoms with van der Waals surface area (Å²) in [6.07, 6.45) is 3.12. The van der Waals surface area contributed by atoms with E-state index in [0.717, 1.165) is 35.4 Å². The zero-order chi connectivity index (χ0) is 25.7. The largest absolute Gasteiger partial charge is 0.455 e. The Kier molecular flexibility index (Phi) is 7.29. The van der Waals surface area contributed by atoms with Crippen molar-refractivity contribution in [3.63, 3.8) is 0 Å². The monoisotopic (exact) mass is 485 g/mol. The molecular formula is C29H31N3O4. The lowest BCUT2D eigenvalue weighted by molar-refractivity contribution is 0.0338. The predicted octanol–water partition coefficient (Wildman–Crippen LogP) is 6.53. The van der Waals surface area contributed by atoms with Gasteiger partial charge in [0.15, 0.2) is 5.75 Å². The average Bonchev–Trinajstić information content (AvgIpc) is 3.32. The molecule has 1 heterocycles. The molecule has 36 heavy (non-hydrogen) atoms. The third-order valence-corrected chi connectivity index (χ3v) is 5.62. The number of allylic oxidation sites excluding steroid dienone is 1. The molecule has 0 saturated carbocycles. The standard InChI is InChI=1S/C29H31N3O4/c1-29(2,3)36-28(34)32-17-7-10-23(32)19-31-25-16-13-22(20-8-5-4-6-9-20)18-26(25)35-24-14-11-21(12-15-24)27(30)33/h4-6,8-9,11-16,18-19,31H,7,10,17H2,1-3H3,(H2,30,33)/b23-19-. The number of hydrogen-bond acceptors (Lipinski definition) is 5. The number of nitrogens with two attached hydrogens (primary N) is 1. The van der Waals surface area contributed by atoms with E-state index in [-0.39, 0.29) is 6.09 Å². The second-order valence-electron chi connectivity index (χ2n) is 9.58. The average molecular weight is 486 g/mol. The second-order valence-corrected chi connectivity index (χ2v) is 9.58. The summed E-state index contributed by atoms with van der Waals surface area (Å²) in [6, 6.07) is 22.6. The fraction of sp³-hybridized carbons (Fsp3) is 0.241. The number of benzene rings is 3. The summed E-state index contributed by atoms with van der Waals surface area (Å²) in [5, 5.41) is 3.32. The Balaban J connectivity index is 1.61. The lowest BCUT2D eigenvalue weighted by Gasteiger charge is -2.25. The van der Waals surface area contributed by atoms with Gasteiger partial charge < -0.3 is 20.5 Å². The molecule has 4 rings (SSSR count). The molecule has 0 bridgehead atoms. The van der Waals surface area contributed by atoms with Gasteiger partial charge in [-0.1, -0.05) is 36.4 Å². The Morgan fingerprint density at radius 2 is 1.69 bits per heavy atom. The summed E-state index contributed by atoms with van der Waals surface area (Å²) >= 11 is 0. The van der Waals surface area contributed by atoms with Crippen LogP contribution in [0.15, 0.2) is 84.7 Å². The number of nitrogens with one attached hydrogen (secondary N) is 1. The summed E-state index contributed by atoms with van der Waals surface area (Å²) < 4.78 is 11.8. The zero-order valence-electron chi connectivity index (χ0n) is 20.8. The van der Waals surface area contributed by atoms with Gasteiger partial charge in [0.1, 0.15) is 11.4 Å². The number of anilines is 1. The summed E-state index contributed by atoms with van der Waals surface area (Å²) in [5.41, 5.74) is 8.85. The van der Waals surface area contributed by atoms with Crippen LogP contribution in [-0.4, -0.2) is 29.0 Å². The quantitative estimate of drug-likeness (QED) is 0.414. The normalized spacial score (nSPS) is 14.5. The number of rotatable bonds is 6. The van der Waals surface area contributed by atoms with Gasteiger partial charge in [0.05, 0.1) is 5.69 Å². The minimum atomic E-state index is -0.559. The van der Waals surface area contributed by atoms with E-state index >= 15 is 0 Å². The Hall–Kier alpha value is -4.26. The van der Waals surface area contributed by atoms with E-state index in [4.69, 9.17) is 15.2 Å². The van der Waals surface area contributed by atoms with Crippen LogP contribution in [0.3, 0.4) is 0 Å². The van der Waals surface area contributed by atoms with Gasteiger partial charge in [0, 0.05) is 24.0 Å². The summed E-state index contributed by atoms with van der Waals surface area (Å²) in [4.78, 5) is 25.7. The molecule has 7 heteroatoms. The Labute approximate surface area is 211 Å². The third kappa shape index (κ3) is 6.24. The first-order valence-electron chi connectivity index (χ1n) is 11.9. The van der Waals surface area contributed by atoms with E-state index in [1.807, 2.05) is 75.5 Å². The molecule has 0 atom stereocenters. The number of carbonyl (C=O) groups excluding carboxylic acids is 2. The molecule has 7 nitrogen and oxygen atoms in total. The maximum absolute atomic E-state index is 12.6. The van der Waals surface area contributed by atoms with Crippen LogP contribution in [0.1, 0.15) is 44.0 Å². The van der Waals surface area contributed by atoms with Crippen LogP contribution in [0.4, 0.5) is 10.5 Å². The molecule has 1 saturated heterocycles. The molecule has 1 aliphatic rings. The van der Waals surface area contributed by atoms with E-state index in [9.17, 15) is 9.59 Å². The lowest BCUT2D eigenvalue weighted by atomic mass is 10.0. The van der Waals surface area contributed by atoms with Gasteiger partial charge in [-0.05, 0) is 81.1 Å². The molecule has 0 aliphatic carbocycles. The van der Waals surface area contributed by atoms with Crippen LogP contribution in [0, 0.1) is 0 Å². The van der Waals surface area contributed by atoms with Crippen LogP contribution in [0.25, 0.3) is 11.1 Å². The van der Waals surface area contributed by atoms with Gasteiger partial charge in [0.2, 0.25) is 5.91 Å². The molecule has 0 unspecified atom stereocenters. The molecule has 0 radical (unpaired) electrons. The van der Waals surface area contributed by atoms with Crippen molar-refractivity contribution in [3.8, 4) is 22.6 Å². The number of nitrogens with zero attached hydrogens (tertiary/aromatic N) is 1. The maximum atomic E-state index is 12.6. The Morgan fingerprint density at radius 1 is 0.972 bits per heavy atom. The number of likely N-dealkylation sites (tertiary alicyclic amines) is 1. The fourth-order valence-corrected chi connectivity index (χ4v) is 3.88. The minimum absolute atomic E-state index is 0.349. The smallest absolute Gasteiger partial charge is 0.414 e. The van der Waals surface area contributed by atoms with Crippen molar-refractivity contribution in [2.24, 2.45) is 5.73 Å². The van der Waals surface area contributed by atoms with Gasteiger partial charge in [-0.3, -0.25) is 9.69 Å². The number of amides is 2. The fourth-order valence-electron chi connectivity index (χ4n) is 3.88. The molecule has 0 aromatic heterocycles. The van der Waals surface area contributed by atoms with E-state index in [1.54, 1.807) is 29.2 Å². The Bertz CT molecular complexity index is 1260. The van der Waals surface area contributed by atoms with E-state index in [2.05, 4.69) is 5.32 Å². The number of carbonyl (C=O) groups is 2. The first kappa shape index (κ1) is 24.9. The highest BCUT2D eigenvalue weighted by Crippen LogP contribution is 2.35. The molecule has 3 aromatic carbocycles.